The van der Waals surface area contributed by atoms with Gasteiger partial charge in [-0.25, -0.2) is 0 Å². The molecule has 1 N–H and O–H groups in total. The number of aryl methyl sites for hydroxylation is 1. The summed E-state index contributed by atoms with van der Waals surface area (Å²) >= 11 is 3.51. The molecule has 0 fully saturated rings. The second-order valence-electron chi connectivity index (χ2n) is 4.95. The number of benzene rings is 1. The third-order valence-electron chi connectivity index (χ3n) is 3.23. The Kier molecular flexibility index (Phi) is 7.67. The molecule has 4 heteroatoms. The zero-order valence-electron chi connectivity index (χ0n) is 12.5. The molecule has 0 aliphatic rings. The van der Waals surface area contributed by atoms with Gasteiger partial charge in [0, 0.05) is 12.5 Å². The van der Waals surface area contributed by atoms with E-state index < -0.39 is 0 Å². The van der Waals surface area contributed by atoms with Crippen LogP contribution in [0.1, 0.15) is 45.6 Å². The van der Waals surface area contributed by atoms with Crippen LogP contribution in [0.4, 0.5) is 0 Å². The lowest BCUT2D eigenvalue weighted by Gasteiger charge is -2.12. The number of halogens is 1. The fourth-order valence-electron chi connectivity index (χ4n) is 1.75. The van der Waals surface area contributed by atoms with Gasteiger partial charge in [-0.1, -0.05) is 19.9 Å². The van der Waals surface area contributed by atoms with Crippen LogP contribution in [-0.4, -0.2) is 18.6 Å². The van der Waals surface area contributed by atoms with Crippen molar-refractivity contribution in [1.29, 1.82) is 0 Å². The first-order valence-electron chi connectivity index (χ1n) is 7.27. The minimum atomic E-state index is 0.100. The number of carbonyl (C=O) groups excluding carboxylic acids is 1. The topological polar surface area (TPSA) is 38.3 Å². The maximum Gasteiger partial charge on any atom is 0.220 e. The van der Waals surface area contributed by atoms with Gasteiger partial charge in [-0.15, -0.1) is 0 Å². The minimum absolute atomic E-state index is 0.100. The molecule has 1 amide bonds. The average Bonchev–Trinajstić information content (AvgIpc) is 2.44. The van der Waals surface area contributed by atoms with Crippen molar-refractivity contribution in [2.45, 2.75) is 52.5 Å². The quantitative estimate of drug-likeness (QED) is 0.723. The third-order valence-corrected chi connectivity index (χ3v) is 3.85. The predicted octanol–water partition coefficient (Wildman–Crippen LogP) is 4.09. The first-order valence-corrected chi connectivity index (χ1v) is 8.06. The summed E-state index contributed by atoms with van der Waals surface area (Å²) in [4.78, 5) is 11.6. The van der Waals surface area contributed by atoms with Gasteiger partial charge in [0.2, 0.25) is 5.91 Å². The molecule has 1 aromatic carbocycles. The zero-order valence-corrected chi connectivity index (χ0v) is 14.1. The second kappa shape index (κ2) is 9.01. The van der Waals surface area contributed by atoms with Gasteiger partial charge in [-0.2, -0.15) is 0 Å². The van der Waals surface area contributed by atoms with Crippen LogP contribution in [-0.2, 0) is 11.2 Å². The van der Waals surface area contributed by atoms with Crippen molar-refractivity contribution in [3.8, 4) is 5.75 Å². The number of hydrogen-bond donors (Lipinski definition) is 1. The van der Waals surface area contributed by atoms with E-state index in [2.05, 4.69) is 47.2 Å². The third kappa shape index (κ3) is 5.95. The van der Waals surface area contributed by atoms with Crippen molar-refractivity contribution in [1.82, 2.24) is 5.32 Å². The lowest BCUT2D eigenvalue weighted by Crippen LogP contribution is -2.31. The Morgan fingerprint density at radius 1 is 1.40 bits per heavy atom. The van der Waals surface area contributed by atoms with E-state index in [1.165, 1.54) is 5.56 Å². The monoisotopic (exact) mass is 341 g/mol. The zero-order chi connectivity index (χ0) is 15.0. The molecule has 20 heavy (non-hydrogen) atoms. The molecule has 0 bridgehead atoms. The van der Waals surface area contributed by atoms with E-state index in [0.29, 0.717) is 13.0 Å². The number of ether oxygens (including phenoxy) is 1. The van der Waals surface area contributed by atoms with Gasteiger partial charge in [0.1, 0.15) is 5.75 Å². The number of amides is 1. The highest BCUT2D eigenvalue weighted by Gasteiger charge is 2.06. The van der Waals surface area contributed by atoms with Crippen molar-refractivity contribution in [3.63, 3.8) is 0 Å². The summed E-state index contributed by atoms with van der Waals surface area (Å²) in [6.45, 7) is 6.75. The Bertz CT molecular complexity index is 434. The van der Waals surface area contributed by atoms with E-state index >= 15 is 0 Å². The Morgan fingerprint density at radius 2 is 2.15 bits per heavy atom. The first-order chi connectivity index (χ1) is 9.56. The van der Waals surface area contributed by atoms with E-state index in [0.717, 1.165) is 29.5 Å². The molecule has 0 aromatic heterocycles. The lowest BCUT2D eigenvalue weighted by molar-refractivity contribution is -0.121. The Labute approximate surface area is 130 Å². The molecule has 112 valence electrons. The number of hydrogen-bond acceptors (Lipinski definition) is 2. The van der Waals surface area contributed by atoms with E-state index in [1.54, 1.807) is 0 Å². The Morgan fingerprint density at radius 3 is 2.75 bits per heavy atom. The molecule has 3 nitrogen and oxygen atoms in total. The fraction of sp³-hybridized carbons (Fsp3) is 0.562. The van der Waals surface area contributed by atoms with E-state index in [4.69, 9.17) is 4.74 Å². The molecule has 0 heterocycles. The van der Waals surface area contributed by atoms with Crippen molar-refractivity contribution in [2.75, 3.05) is 6.61 Å². The maximum absolute atomic E-state index is 11.6. The molecule has 1 atom stereocenters. The van der Waals surface area contributed by atoms with Crippen molar-refractivity contribution >= 4 is 21.8 Å². The van der Waals surface area contributed by atoms with Crippen LogP contribution in [0.5, 0.6) is 5.75 Å². The largest absolute Gasteiger partial charge is 0.492 e. The van der Waals surface area contributed by atoms with Gasteiger partial charge in [-0.05, 0) is 59.8 Å². The molecule has 0 radical (unpaired) electrons. The van der Waals surface area contributed by atoms with E-state index in [9.17, 15) is 4.79 Å². The minimum Gasteiger partial charge on any atom is -0.492 e. The summed E-state index contributed by atoms with van der Waals surface area (Å²) in [5.41, 5.74) is 1.28. The normalized spacial score (nSPS) is 12.0. The van der Waals surface area contributed by atoms with Crippen LogP contribution < -0.4 is 10.1 Å². The van der Waals surface area contributed by atoms with Crippen LogP contribution in [0.2, 0.25) is 0 Å². The van der Waals surface area contributed by atoms with Gasteiger partial charge in [0.05, 0.1) is 11.1 Å². The number of carbonyl (C=O) groups is 1. The highest BCUT2D eigenvalue weighted by Crippen LogP contribution is 2.26. The summed E-state index contributed by atoms with van der Waals surface area (Å²) in [6.07, 6.45) is 3.20. The van der Waals surface area contributed by atoms with E-state index in [-0.39, 0.29) is 11.9 Å². The summed E-state index contributed by atoms with van der Waals surface area (Å²) in [5.74, 6) is 0.938. The standard InChI is InChI=1S/C16H24BrNO2/c1-4-12(3)18-16(19)7-6-10-20-15-9-8-13(5-2)11-14(15)17/h8-9,11-12H,4-7,10H2,1-3H3,(H,18,19). The van der Waals surface area contributed by atoms with Gasteiger partial charge in [0.25, 0.3) is 0 Å². The van der Waals surface area contributed by atoms with Gasteiger partial charge < -0.3 is 10.1 Å². The van der Waals surface area contributed by atoms with Crippen LogP contribution in [0.15, 0.2) is 22.7 Å². The van der Waals surface area contributed by atoms with Crippen LogP contribution in [0.3, 0.4) is 0 Å². The van der Waals surface area contributed by atoms with Crippen LogP contribution in [0, 0.1) is 0 Å². The Balaban J connectivity index is 2.29. The highest BCUT2D eigenvalue weighted by atomic mass is 79.9. The van der Waals surface area contributed by atoms with Gasteiger partial charge >= 0.3 is 0 Å². The fourth-order valence-corrected chi connectivity index (χ4v) is 2.29. The van der Waals surface area contributed by atoms with Gasteiger partial charge in [-0.3, -0.25) is 4.79 Å². The molecule has 1 aromatic rings. The molecule has 0 saturated heterocycles. The molecule has 1 rings (SSSR count). The predicted molar refractivity (Wildman–Crippen MR) is 86.1 cm³/mol. The molecule has 1 unspecified atom stereocenters. The SMILES string of the molecule is CCc1ccc(OCCCC(=O)NC(C)CC)c(Br)c1. The highest BCUT2D eigenvalue weighted by molar-refractivity contribution is 9.10. The summed E-state index contributed by atoms with van der Waals surface area (Å²) in [6, 6.07) is 6.36. The average molecular weight is 342 g/mol. The van der Waals surface area contributed by atoms with Crippen LogP contribution in [0.25, 0.3) is 0 Å². The van der Waals surface area contributed by atoms with Crippen molar-refractivity contribution in [2.24, 2.45) is 0 Å². The summed E-state index contributed by atoms with van der Waals surface area (Å²) in [7, 11) is 0. The maximum atomic E-state index is 11.6. The van der Waals surface area contributed by atoms with Gasteiger partial charge in [0.15, 0.2) is 0 Å². The molecule has 0 aliphatic heterocycles. The Hall–Kier alpha value is -1.03. The molecular formula is C16H24BrNO2. The molecule has 0 aliphatic carbocycles. The first kappa shape index (κ1) is 17.0. The summed E-state index contributed by atoms with van der Waals surface area (Å²) in [5, 5.41) is 2.95. The molecular weight excluding hydrogens is 318 g/mol. The van der Waals surface area contributed by atoms with Crippen molar-refractivity contribution in [3.05, 3.63) is 28.2 Å². The lowest BCUT2D eigenvalue weighted by atomic mass is 10.2. The molecule has 0 saturated carbocycles. The van der Waals surface area contributed by atoms with Crippen LogP contribution >= 0.6 is 15.9 Å². The smallest absolute Gasteiger partial charge is 0.220 e. The van der Waals surface area contributed by atoms with E-state index in [1.807, 2.05) is 13.0 Å². The van der Waals surface area contributed by atoms with Crippen molar-refractivity contribution < 1.29 is 9.53 Å². The molecule has 0 spiro atoms. The summed E-state index contributed by atoms with van der Waals surface area (Å²) < 4.78 is 6.66. The second-order valence-corrected chi connectivity index (χ2v) is 5.80. The number of rotatable bonds is 8. The number of nitrogens with one attached hydrogen (secondary N) is 1.